The van der Waals surface area contributed by atoms with Gasteiger partial charge in [0.05, 0.1) is 22.3 Å². The van der Waals surface area contributed by atoms with E-state index in [2.05, 4.69) is 10.3 Å². The van der Waals surface area contributed by atoms with Crippen LogP contribution in [0, 0.1) is 6.92 Å². The predicted octanol–water partition coefficient (Wildman–Crippen LogP) is 1.73. The molecule has 0 aliphatic carbocycles. The van der Waals surface area contributed by atoms with Gasteiger partial charge in [-0.2, -0.15) is 0 Å². The predicted molar refractivity (Wildman–Crippen MR) is 64.7 cm³/mol. The van der Waals surface area contributed by atoms with E-state index in [1.54, 1.807) is 33.9 Å². The van der Waals surface area contributed by atoms with Crippen molar-refractivity contribution in [1.29, 1.82) is 0 Å². The lowest BCUT2D eigenvalue weighted by atomic mass is 9.86. The molecule has 0 bridgehead atoms. The molecule has 1 heterocycles. The lowest BCUT2D eigenvalue weighted by Gasteiger charge is -2.37. The van der Waals surface area contributed by atoms with Gasteiger partial charge in [0.2, 0.25) is 0 Å². The van der Waals surface area contributed by atoms with Gasteiger partial charge in [0.1, 0.15) is 4.88 Å². The Kier molecular flexibility index (Phi) is 3.40. The van der Waals surface area contributed by atoms with Crippen LogP contribution in [0.15, 0.2) is 6.20 Å². The van der Waals surface area contributed by atoms with E-state index in [9.17, 15) is 9.90 Å². The summed E-state index contributed by atoms with van der Waals surface area (Å²) in [6.45, 7) is 8.77. The van der Waals surface area contributed by atoms with Crippen LogP contribution in [0.5, 0.6) is 0 Å². The van der Waals surface area contributed by atoms with Gasteiger partial charge in [0, 0.05) is 0 Å². The molecule has 1 rings (SSSR count). The molecule has 4 nitrogen and oxygen atoms in total. The van der Waals surface area contributed by atoms with Crippen LogP contribution >= 0.6 is 11.3 Å². The average molecular weight is 242 g/mol. The zero-order chi connectivity index (χ0) is 12.6. The molecule has 1 amide bonds. The topological polar surface area (TPSA) is 62.2 Å². The number of rotatable bonds is 3. The van der Waals surface area contributed by atoms with Crippen molar-refractivity contribution in [1.82, 2.24) is 10.3 Å². The first-order chi connectivity index (χ1) is 7.13. The van der Waals surface area contributed by atoms with Crippen LogP contribution in [0.1, 0.15) is 42.4 Å². The van der Waals surface area contributed by atoms with E-state index in [0.29, 0.717) is 4.88 Å². The van der Waals surface area contributed by atoms with E-state index in [4.69, 9.17) is 0 Å². The minimum absolute atomic E-state index is 0.197. The molecular weight excluding hydrogens is 224 g/mol. The van der Waals surface area contributed by atoms with Crippen LogP contribution < -0.4 is 5.32 Å². The summed E-state index contributed by atoms with van der Waals surface area (Å²) in [7, 11) is 0. The summed E-state index contributed by atoms with van der Waals surface area (Å²) >= 11 is 1.34. The van der Waals surface area contributed by atoms with Gasteiger partial charge in [0.15, 0.2) is 0 Å². The number of thiazole rings is 1. The quantitative estimate of drug-likeness (QED) is 0.848. The number of nitrogens with zero attached hydrogens (tertiary/aromatic N) is 1. The third-order valence-electron chi connectivity index (χ3n) is 2.80. The van der Waals surface area contributed by atoms with Crippen molar-refractivity contribution >= 4 is 17.2 Å². The van der Waals surface area contributed by atoms with Crippen LogP contribution in [0.2, 0.25) is 0 Å². The van der Waals surface area contributed by atoms with Crippen molar-refractivity contribution in [3.8, 4) is 0 Å². The fourth-order valence-electron chi connectivity index (χ4n) is 0.965. The molecule has 0 spiro atoms. The van der Waals surface area contributed by atoms with Crippen molar-refractivity contribution < 1.29 is 9.90 Å². The van der Waals surface area contributed by atoms with Crippen molar-refractivity contribution in [2.45, 2.75) is 45.8 Å². The number of carbonyl (C=O) groups excluding carboxylic acids is 1. The molecule has 1 aromatic heterocycles. The molecule has 1 aromatic rings. The molecular formula is C11H18N2O2S. The maximum absolute atomic E-state index is 11.9. The SMILES string of the molecule is Cc1ncc(C(=O)NC(C)(C)C(C)(C)O)s1. The van der Waals surface area contributed by atoms with E-state index in [1.165, 1.54) is 11.3 Å². The van der Waals surface area contributed by atoms with Gasteiger partial charge in [-0.3, -0.25) is 4.79 Å². The van der Waals surface area contributed by atoms with Crippen LogP contribution in [0.3, 0.4) is 0 Å². The first-order valence-electron chi connectivity index (χ1n) is 5.11. The molecule has 90 valence electrons. The zero-order valence-electron chi connectivity index (χ0n) is 10.3. The number of aryl methyl sites for hydroxylation is 1. The number of aromatic nitrogens is 1. The molecule has 0 radical (unpaired) electrons. The Hall–Kier alpha value is -0.940. The molecule has 5 heteroatoms. The number of amides is 1. The van der Waals surface area contributed by atoms with Crippen molar-refractivity contribution in [3.05, 3.63) is 16.1 Å². The Morgan fingerprint density at radius 2 is 2.00 bits per heavy atom. The van der Waals surface area contributed by atoms with Gasteiger partial charge < -0.3 is 10.4 Å². The lowest BCUT2D eigenvalue weighted by molar-refractivity contribution is -0.00285. The van der Waals surface area contributed by atoms with Crippen LogP contribution in [-0.2, 0) is 0 Å². The van der Waals surface area contributed by atoms with Gasteiger partial charge in [0.25, 0.3) is 5.91 Å². The maximum atomic E-state index is 11.9. The molecule has 0 aliphatic rings. The summed E-state index contributed by atoms with van der Waals surface area (Å²) in [6, 6.07) is 0. The summed E-state index contributed by atoms with van der Waals surface area (Å²) in [6.07, 6.45) is 1.55. The lowest BCUT2D eigenvalue weighted by Crippen LogP contribution is -2.57. The highest BCUT2D eigenvalue weighted by Crippen LogP contribution is 2.22. The Balaban J connectivity index is 2.79. The zero-order valence-corrected chi connectivity index (χ0v) is 11.1. The van der Waals surface area contributed by atoms with E-state index >= 15 is 0 Å². The van der Waals surface area contributed by atoms with Gasteiger partial charge in [-0.1, -0.05) is 0 Å². The first kappa shape index (κ1) is 13.1. The van der Waals surface area contributed by atoms with E-state index < -0.39 is 11.1 Å². The number of nitrogens with one attached hydrogen (secondary N) is 1. The van der Waals surface area contributed by atoms with Crippen molar-refractivity contribution in [2.24, 2.45) is 0 Å². The van der Waals surface area contributed by atoms with Crippen molar-refractivity contribution in [3.63, 3.8) is 0 Å². The molecule has 0 saturated carbocycles. The van der Waals surface area contributed by atoms with Gasteiger partial charge in [-0.25, -0.2) is 4.98 Å². The summed E-state index contributed by atoms with van der Waals surface area (Å²) in [5, 5.41) is 13.6. The van der Waals surface area contributed by atoms with Gasteiger partial charge in [-0.05, 0) is 34.6 Å². The monoisotopic (exact) mass is 242 g/mol. The van der Waals surface area contributed by atoms with Crippen molar-refractivity contribution in [2.75, 3.05) is 0 Å². The number of aliphatic hydroxyl groups is 1. The molecule has 16 heavy (non-hydrogen) atoms. The first-order valence-corrected chi connectivity index (χ1v) is 5.92. The fraction of sp³-hybridized carbons (Fsp3) is 0.636. The molecule has 2 N–H and O–H groups in total. The summed E-state index contributed by atoms with van der Waals surface area (Å²) in [4.78, 5) is 16.5. The molecule has 0 unspecified atom stereocenters. The minimum Gasteiger partial charge on any atom is -0.388 e. The third kappa shape index (κ3) is 2.80. The highest BCUT2D eigenvalue weighted by Gasteiger charge is 2.36. The Morgan fingerprint density at radius 1 is 1.44 bits per heavy atom. The van der Waals surface area contributed by atoms with E-state index in [0.717, 1.165) is 5.01 Å². The van der Waals surface area contributed by atoms with Gasteiger partial charge >= 0.3 is 0 Å². The molecule has 0 atom stereocenters. The number of carbonyl (C=O) groups is 1. The normalized spacial score (nSPS) is 12.6. The summed E-state index contributed by atoms with van der Waals surface area (Å²) < 4.78 is 0. The minimum atomic E-state index is -0.984. The summed E-state index contributed by atoms with van der Waals surface area (Å²) in [5.41, 5.74) is -1.68. The second kappa shape index (κ2) is 4.14. The Labute approximate surface area is 99.7 Å². The molecule has 0 saturated heterocycles. The maximum Gasteiger partial charge on any atom is 0.263 e. The molecule has 0 aliphatic heterocycles. The Morgan fingerprint density at radius 3 is 2.38 bits per heavy atom. The second-order valence-electron chi connectivity index (χ2n) is 4.88. The van der Waals surface area contributed by atoms with Crippen LogP contribution in [0.4, 0.5) is 0 Å². The Bertz CT molecular complexity index is 391. The number of hydrogen-bond donors (Lipinski definition) is 2. The highest BCUT2D eigenvalue weighted by atomic mass is 32.1. The van der Waals surface area contributed by atoms with Crippen LogP contribution in [-0.4, -0.2) is 27.1 Å². The van der Waals surface area contributed by atoms with Crippen LogP contribution in [0.25, 0.3) is 0 Å². The molecule has 0 aromatic carbocycles. The standard InChI is InChI=1S/C11H18N2O2S/c1-7-12-6-8(16-7)9(14)13-10(2,3)11(4,5)15/h6,15H,1-5H3,(H,13,14). The highest BCUT2D eigenvalue weighted by molar-refractivity contribution is 7.13. The second-order valence-corrected chi connectivity index (χ2v) is 6.12. The van der Waals surface area contributed by atoms with E-state index in [1.807, 2.05) is 6.92 Å². The smallest absolute Gasteiger partial charge is 0.263 e. The average Bonchev–Trinajstić information content (AvgIpc) is 2.48. The largest absolute Gasteiger partial charge is 0.388 e. The van der Waals surface area contributed by atoms with E-state index in [-0.39, 0.29) is 5.91 Å². The number of hydrogen-bond acceptors (Lipinski definition) is 4. The summed E-state index contributed by atoms with van der Waals surface area (Å²) in [5.74, 6) is -0.197. The molecule has 0 fully saturated rings. The third-order valence-corrected chi connectivity index (χ3v) is 3.71. The van der Waals surface area contributed by atoms with Gasteiger partial charge in [-0.15, -0.1) is 11.3 Å². The fourth-order valence-corrected chi connectivity index (χ4v) is 1.64.